The van der Waals surface area contributed by atoms with Gasteiger partial charge in [-0.15, -0.1) is 0 Å². The standard InChI is InChI=1S/C11H13ClN2S/c1-8-4-3-5-9(10(8)12)13-11-14(2)6-7-15-11/h3-5H,6-7H2,1-2H3. The third-order valence-electron chi connectivity index (χ3n) is 2.37. The van der Waals surface area contributed by atoms with Gasteiger partial charge in [-0.3, -0.25) is 0 Å². The van der Waals surface area contributed by atoms with E-state index < -0.39 is 0 Å². The molecule has 0 atom stereocenters. The Morgan fingerprint density at radius 1 is 1.47 bits per heavy atom. The molecule has 0 aromatic heterocycles. The lowest BCUT2D eigenvalue weighted by molar-refractivity contribution is 0.563. The van der Waals surface area contributed by atoms with Gasteiger partial charge in [0.15, 0.2) is 5.17 Å². The number of nitrogens with zero attached hydrogens (tertiary/aromatic N) is 2. The van der Waals surface area contributed by atoms with E-state index in [0.717, 1.165) is 33.7 Å². The van der Waals surface area contributed by atoms with E-state index in [1.807, 2.05) is 25.1 Å². The van der Waals surface area contributed by atoms with E-state index in [4.69, 9.17) is 11.6 Å². The van der Waals surface area contributed by atoms with Gasteiger partial charge in [0, 0.05) is 19.3 Å². The monoisotopic (exact) mass is 240 g/mol. The van der Waals surface area contributed by atoms with Crippen molar-refractivity contribution in [1.29, 1.82) is 0 Å². The zero-order chi connectivity index (χ0) is 10.8. The maximum Gasteiger partial charge on any atom is 0.164 e. The quantitative estimate of drug-likeness (QED) is 0.749. The lowest BCUT2D eigenvalue weighted by Crippen LogP contribution is -2.17. The molecule has 0 bridgehead atoms. The fourth-order valence-electron chi connectivity index (χ4n) is 1.42. The number of amidine groups is 1. The summed E-state index contributed by atoms with van der Waals surface area (Å²) in [5, 5.41) is 1.81. The highest BCUT2D eigenvalue weighted by molar-refractivity contribution is 8.14. The normalized spacial score (nSPS) is 18.9. The van der Waals surface area contributed by atoms with Crippen LogP contribution < -0.4 is 0 Å². The summed E-state index contributed by atoms with van der Waals surface area (Å²) in [7, 11) is 2.06. The largest absolute Gasteiger partial charge is 0.353 e. The Morgan fingerprint density at radius 2 is 2.27 bits per heavy atom. The van der Waals surface area contributed by atoms with Crippen molar-refractivity contribution in [2.75, 3.05) is 19.3 Å². The van der Waals surface area contributed by atoms with Crippen LogP contribution in [0.2, 0.25) is 5.02 Å². The Morgan fingerprint density at radius 3 is 2.93 bits per heavy atom. The van der Waals surface area contributed by atoms with Gasteiger partial charge >= 0.3 is 0 Å². The smallest absolute Gasteiger partial charge is 0.164 e. The highest BCUT2D eigenvalue weighted by Crippen LogP contribution is 2.30. The van der Waals surface area contributed by atoms with Crippen LogP contribution in [0.15, 0.2) is 23.2 Å². The number of thioether (sulfide) groups is 1. The zero-order valence-corrected chi connectivity index (χ0v) is 10.4. The first-order valence-corrected chi connectivity index (χ1v) is 6.22. The maximum absolute atomic E-state index is 6.18. The van der Waals surface area contributed by atoms with Crippen molar-refractivity contribution >= 4 is 34.2 Å². The van der Waals surface area contributed by atoms with Crippen LogP contribution in [0.4, 0.5) is 5.69 Å². The van der Waals surface area contributed by atoms with Gasteiger partial charge in [0.2, 0.25) is 0 Å². The molecular formula is C11H13ClN2S. The molecule has 0 amide bonds. The minimum atomic E-state index is 0.755. The summed E-state index contributed by atoms with van der Waals surface area (Å²) in [5.74, 6) is 1.11. The van der Waals surface area contributed by atoms with Gasteiger partial charge in [-0.25, -0.2) is 4.99 Å². The van der Waals surface area contributed by atoms with E-state index in [1.54, 1.807) is 11.8 Å². The third kappa shape index (κ3) is 2.29. The Bertz CT molecular complexity index is 404. The fourth-order valence-corrected chi connectivity index (χ4v) is 2.61. The lowest BCUT2D eigenvalue weighted by atomic mass is 10.2. The van der Waals surface area contributed by atoms with Gasteiger partial charge in [0.1, 0.15) is 0 Å². The van der Waals surface area contributed by atoms with Crippen LogP contribution in [0, 0.1) is 6.92 Å². The van der Waals surface area contributed by atoms with Crippen LogP contribution >= 0.6 is 23.4 Å². The van der Waals surface area contributed by atoms with Crippen molar-refractivity contribution in [3.8, 4) is 0 Å². The molecule has 15 heavy (non-hydrogen) atoms. The number of aliphatic imine (C=N–C) groups is 1. The summed E-state index contributed by atoms with van der Waals surface area (Å²) in [5.41, 5.74) is 1.94. The molecule has 4 heteroatoms. The number of benzene rings is 1. The molecule has 0 N–H and O–H groups in total. The molecule has 80 valence electrons. The summed E-state index contributed by atoms with van der Waals surface area (Å²) in [6, 6.07) is 5.94. The maximum atomic E-state index is 6.18. The molecular weight excluding hydrogens is 228 g/mol. The molecule has 1 aliphatic heterocycles. The molecule has 0 unspecified atom stereocenters. The van der Waals surface area contributed by atoms with Crippen LogP contribution in [-0.4, -0.2) is 29.4 Å². The van der Waals surface area contributed by atoms with Crippen molar-refractivity contribution in [3.63, 3.8) is 0 Å². The first kappa shape index (κ1) is 10.8. The average Bonchev–Trinajstić information content (AvgIpc) is 2.60. The summed E-state index contributed by atoms with van der Waals surface area (Å²) in [6.07, 6.45) is 0. The van der Waals surface area contributed by atoms with E-state index in [-0.39, 0.29) is 0 Å². The van der Waals surface area contributed by atoms with E-state index >= 15 is 0 Å². The van der Waals surface area contributed by atoms with Gasteiger partial charge < -0.3 is 4.90 Å². The Kier molecular flexibility index (Phi) is 3.22. The van der Waals surface area contributed by atoms with Crippen molar-refractivity contribution in [1.82, 2.24) is 4.90 Å². The number of hydrogen-bond donors (Lipinski definition) is 0. The van der Waals surface area contributed by atoms with Crippen molar-refractivity contribution in [3.05, 3.63) is 28.8 Å². The predicted molar refractivity (Wildman–Crippen MR) is 68.4 cm³/mol. The molecule has 1 aromatic rings. The Balaban J connectivity index is 2.34. The minimum Gasteiger partial charge on any atom is -0.353 e. The van der Waals surface area contributed by atoms with E-state index in [9.17, 15) is 0 Å². The third-order valence-corrected chi connectivity index (χ3v) is 3.91. The second-order valence-corrected chi connectivity index (χ2v) is 5.01. The van der Waals surface area contributed by atoms with Gasteiger partial charge in [0.05, 0.1) is 10.7 Å². The summed E-state index contributed by atoms with van der Waals surface area (Å²) < 4.78 is 0. The molecule has 1 saturated heterocycles. The summed E-state index contributed by atoms with van der Waals surface area (Å²) in [4.78, 5) is 6.73. The predicted octanol–water partition coefficient (Wildman–Crippen LogP) is 3.31. The number of hydrogen-bond acceptors (Lipinski definition) is 2. The van der Waals surface area contributed by atoms with Crippen molar-refractivity contribution < 1.29 is 0 Å². The van der Waals surface area contributed by atoms with Gasteiger partial charge in [-0.05, 0) is 18.6 Å². The molecule has 1 aliphatic rings. The first-order chi connectivity index (χ1) is 7.18. The van der Waals surface area contributed by atoms with Crippen LogP contribution in [0.25, 0.3) is 0 Å². The summed E-state index contributed by atoms with van der Waals surface area (Å²) >= 11 is 7.96. The van der Waals surface area contributed by atoms with E-state index in [0.29, 0.717) is 0 Å². The number of halogens is 1. The van der Waals surface area contributed by atoms with Crippen LogP contribution in [0.1, 0.15) is 5.56 Å². The topological polar surface area (TPSA) is 15.6 Å². The number of rotatable bonds is 1. The SMILES string of the molecule is Cc1cccc(N=C2SCCN2C)c1Cl. The average molecular weight is 241 g/mol. The van der Waals surface area contributed by atoms with Crippen molar-refractivity contribution in [2.45, 2.75) is 6.92 Å². The number of aryl methyl sites for hydroxylation is 1. The van der Waals surface area contributed by atoms with Crippen LogP contribution in [0.5, 0.6) is 0 Å². The molecule has 2 nitrogen and oxygen atoms in total. The molecule has 2 rings (SSSR count). The molecule has 0 saturated carbocycles. The Hall–Kier alpha value is -0.670. The van der Waals surface area contributed by atoms with Gasteiger partial charge in [0.25, 0.3) is 0 Å². The molecule has 1 heterocycles. The second kappa shape index (κ2) is 4.45. The van der Waals surface area contributed by atoms with Gasteiger partial charge in [-0.2, -0.15) is 0 Å². The molecule has 0 aliphatic carbocycles. The molecule has 1 fully saturated rings. The highest BCUT2D eigenvalue weighted by atomic mass is 35.5. The Labute approximate surface area is 99.3 Å². The van der Waals surface area contributed by atoms with Crippen LogP contribution in [0.3, 0.4) is 0 Å². The van der Waals surface area contributed by atoms with Crippen molar-refractivity contribution in [2.24, 2.45) is 4.99 Å². The summed E-state index contributed by atoms with van der Waals surface area (Å²) in [6.45, 7) is 3.06. The van der Waals surface area contributed by atoms with E-state index in [1.165, 1.54) is 0 Å². The molecule has 0 radical (unpaired) electrons. The first-order valence-electron chi connectivity index (χ1n) is 4.86. The highest BCUT2D eigenvalue weighted by Gasteiger charge is 2.15. The molecule has 0 spiro atoms. The lowest BCUT2D eigenvalue weighted by Gasteiger charge is -2.10. The van der Waals surface area contributed by atoms with E-state index in [2.05, 4.69) is 16.9 Å². The van der Waals surface area contributed by atoms with Gasteiger partial charge in [-0.1, -0.05) is 35.5 Å². The van der Waals surface area contributed by atoms with Crippen LogP contribution in [-0.2, 0) is 0 Å². The zero-order valence-electron chi connectivity index (χ0n) is 8.83. The molecule has 1 aromatic carbocycles. The minimum absolute atomic E-state index is 0.755. The fraction of sp³-hybridized carbons (Fsp3) is 0.364. The second-order valence-electron chi connectivity index (χ2n) is 3.57.